The lowest BCUT2D eigenvalue weighted by atomic mass is 10.1. The van der Waals surface area contributed by atoms with Gasteiger partial charge >= 0.3 is 0 Å². The Bertz CT molecular complexity index is 1080. The number of nitrogens with zero attached hydrogens (tertiary/aromatic N) is 2. The quantitative estimate of drug-likeness (QED) is 0.397. The van der Waals surface area contributed by atoms with E-state index in [1.54, 1.807) is 6.07 Å². The molecule has 0 spiro atoms. The molecule has 1 N–H and O–H groups in total. The molecule has 1 heterocycles. The lowest BCUT2D eigenvalue weighted by Gasteiger charge is -2.12. The maximum Gasteiger partial charge on any atom is 0.283 e. The van der Waals surface area contributed by atoms with Crippen molar-refractivity contribution in [2.24, 2.45) is 5.10 Å². The molecule has 0 radical (unpaired) electrons. The van der Waals surface area contributed by atoms with Crippen molar-refractivity contribution in [3.63, 3.8) is 0 Å². The molecule has 0 aliphatic rings. The van der Waals surface area contributed by atoms with Crippen LogP contribution < -0.4 is 15.3 Å². The van der Waals surface area contributed by atoms with Crippen molar-refractivity contribution in [2.75, 3.05) is 7.11 Å². The van der Waals surface area contributed by atoms with Crippen LogP contribution in [-0.2, 0) is 0 Å². The Morgan fingerprint density at radius 1 is 1.37 bits per heavy atom. The minimum atomic E-state index is -0.835. The van der Waals surface area contributed by atoms with Crippen molar-refractivity contribution in [1.82, 2.24) is 5.43 Å². The van der Waals surface area contributed by atoms with Crippen LogP contribution in [0.1, 0.15) is 15.2 Å². The molecule has 0 fully saturated rings. The summed E-state index contributed by atoms with van der Waals surface area (Å²) in [5.74, 6) is -1.26. The van der Waals surface area contributed by atoms with E-state index in [4.69, 9.17) is 16.3 Å². The van der Waals surface area contributed by atoms with Gasteiger partial charge in [0.15, 0.2) is 0 Å². The fourth-order valence-corrected chi connectivity index (χ4v) is 3.74. The van der Waals surface area contributed by atoms with Gasteiger partial charge in [-0.2, -0.15) is 5.10 Å². The van der Waals surface area contributed by atoms with Gasteiger partial charge in [0.1, 0.15) is 10.6 Å². The predicted octanol–water partition coefficient (Wildman–Crippen LogP) is 3.31. The molecule has 0 atom stereocenters. The first-order valence-electron chi connectivity index (χ1n) is 7.46. The van der Waals surface area contributed by atoms with E-state index in [1.807, 2.05) is 18.2 Å². The molecule has 0 unspecified atom stereocenters. The first kappa shape index (κ1) is 18.6. The number of carbonyl (C=O) groups excluding carboxylic acids is 1. The molecule has 8 nitrogen and oxygen atoms in total. The summed E-state index contributed by atoms with van der Waals surface area (Å²) in [5.41, 5.74) is 1.53. The average molecular weight is 405 g/mol. The Balaban J connectivity index is 1.84. The van der Waals surface area contributed by atoms with E-state index in [1.165, 1.54) is 24.5 Å². The monoisotopic (exact) mass is 404 g/mol. The molecule has 2 aromatic carbocycles. The number of thiophene rings is 1. The molecule has 0 bridgehead atoms. The number of ether oxygens (including phenoxy) is 1. The molecular formula is C17H11ClN3O5S-. The normalized spacial score (nSPS) is 11.0. The van der Waals surface area contributed by atoms with Crippen LogP contribution in [0.5, 0.6) is 11.5 Å². The summed E-state index contributed by atoms with van der Waals surface area (Å²) < 4.78 is 5.79. The zero-order valence-corrected chi connectivity index (χ0v) is 15.3. The average Bonchev–Trinajstić information content (AvgIpc) is 3.00. The minimum Gasteiger partial charge on any atom is -0.867 e. The summed E-state index contributed by atoms with van der Waals surface area (Å²) in [6, 6.07) is 9.59. The summed E-state index contributed by atoms with van der Waals surface area (Å²) in [4.78, 5) is 22.7. The number of methoxy groups -OCH3 is 1. The number of fused-ring (bicyclic) bond motifs is 1. The Morgan fingerprint density at radius 3 is 2.78 bits per heavy atom. The number of carbonyl (C=O) groups is 1. The number of hydrogen-bond donors (Lipinski definition) is 1. The molecular weight excluding hydrogens is 394 g/mol. The Kier molecular flexibility index (Phi) is 5.24. The van der Waals surface area contributed by atoms with Crippen LogP contribution in [0.4, 0.5) is 5.69 Å². The zero-order chi connectivity index (χ0) is 19.6. The summed E-state index contributed by atoms with van der Waals surface area (Å²) in [6.45, 7) is 0. The van der Waals surface area contributed by atoms with Gasteiger partial charge in [0.05, 0.1) is 29.3 Å². The molecule has 138 valence electrons. The Morgan fingerprint density at radius 2 is 2.11 bits per heavy atom. The fraction of sp³-hybridized carbons (Fsp3) is 0.0588. The van der Waals surface area contributed by atoms with Gasteiger partial charge in [-0.05, 0) is 23.4 Å². The molecule has 10 heteroatoms. The molecule has 1 amide bonds. The van der Waals surface area contributed by atoms with Gasteiger partial charge in [0, 0.05) is 10.1 Å². The summed E-state index contributed by atoms with van der Waals surface area (Å²) in [6.07, 6.45) is 1.02. The number of rotatable bonds is 5. The van der Waals surface area contributed by atoms with Gasteiger partial charge in [0.2, 0.25) is 0 Å². The van der Waals surface area contributed by atoms with Crippen molar-refractivity contribution in [3.8, 4) is 11.5 Å². The second-order valence-corrected chi connectivity index (χ2v) is 6.69. The summed E-state index contributed by atoms with van der Waals surface area (Å²) >= 11 is 7.43. The lowest BCUT2D eigenvalue weighted by molar-refractivity contribution is -0.398. The Hall–Kier alpha value is -3.17. The van der Waals surface area contributed by atoms with Gasteiger partial charge in [-0.1, -0.05) is 29.8 Å². The van der Waals surface area contributed by atoms with E-state index in [0.717, 1.165) is 22.4 Å². The van der Waals surface area contributed by atoms with Crippen LogP contribution in [0.25, 0.3) is 10.1 Å². The first-order chi connectivity index (χ1) is 12.9. The van der Waals surface area contributed by atoms with Gasteiger partial charge in [-0.25, -0.2) is 5.43 Å². The van der Waals surface area contributed by atoms with Crippen molar-refractivity contribution >= 4 is 50.8 Å². The number of amides is 1. The molecule has 0 aliphatic heterocycles. The molecule has 27 heavy (non-hydrogen) atoms. The van der Waals surface area contributed by atoms with E-state index in [9.17, 15) is 20.0 Å². The van der Waals surface area contributed by atoms with Crippen molar-refractivity contribution < 1.29 is 19.6 Å². The third-order valence-corrected chi connectivity index (χ3v) is 5.29. The number of halogens is 1. The van der Waals surface area contributed by atoms with Crippen LogP contribution in [0.15, 0.2) is 41.5 Å². The molecule has 3 rings (SSSR count). The number of nitrogens with one attached hydrogen (secondary N) is 1. The number of nitro benzene ring substituents is 1. The fourth-order valence-electron chi connectivity index (χ4n) is 2.33. The second kappa shape index (κ2) is 7.60. The van der Waals surface area contributed by atoms with E-state index >= 15 is 0 Å². The molecule has 0 saturated carbocycles. The summed E-state index contributed by atoms with van der Waals surface area (Å²) in [5, 5.41) is 27.8. The standard InChI is InChI=1S/C17H12ClN3O5S/c1-26-10-6-9(15(22)12(7-10)21(24)25)8-19-20-17(23)16-14(18)11-4-2-3-5-13(11)27-16/h2-8,22H,1H3,(H,20,23)/p-1/b19-8-. The van der Waals surface area contributed by atoms with Gasteiger partial charge in [-0.15, -0.1) is 11.3 Å². The molecule has 1 aromatic heterocycles. The number of hydrazone groups is 1. The maximum atomic E-state index is 12.3. The van der Waals surface area contributed by atoms with Crippen LogP contribution in [0.3, 0.4) is 0 Å². The summed E-state index contributed by atoms with van der Waals surface area (Å²) in [7, 11) is 1.32. The van der Waals surface area contributed by atoms with Crippen molar-refractivity contribution in [3.05, 3.63) is 62.0 Å². The highest BCUT2D eigenvalue weighted by Crippen LogP contribution is 2.35. The highest BCUT2D eigenvalue weighted by atomic mass is 35.5. The second-order valence-electron chi connectivity index (χ2n) is 5.26. The van der Waals surface area contributed by atoms with Crippen LogP contribution in [0.2, 0.25) is 5.02 Å². The number of hydrogen-bond acceptors (Lipinski definition) is 7. The van der Waals surface area contributed by atoms with Crippen LogP contribution in [-0.4, -0.2) is 24.2 Å². The smallest absolute Gasteiger partial charge is 0.283 e. The van der Waals surface area contributed by atoms with Gasteiger partial charge in [0.25, 0.3) is 11.6 Å². The molecule has 0 saturated heterocycles. The van der Waals surface area contributed by atoms with Crippen LogP contribution in [0, 0.1) is 10.1 Å². The lowest BCUT2D eigenvalue weighted by Crippen LogP contribution is -2.16. The molecule has 3 aromatic rings. The SMILES string of the molecule is COc1cc(/C=N\NC(=O)c2sc3ccccc3c2Cl)c([O-])c([N+](=O)[O-])c1. The van der Waals surface area contributed by atoms with Crippen molar-refractivity contribution in [1.29, 1.82) is 0 Å². The van der Waals surface area contributed by atoms with Gasteiger partial charge < -0.3 is 9.84 Å². The first-order valence-corrected chi connectivity index (χ1v) is 8.65. The van der Waals surface area contributed by atoms with E-state index < -0.39 is 22.3 Å². The topological polar surface area (TPSA) is 117 Å². The van der Waals surface area contributed by atoms with Crippen molar-refractivity contribution in [2.45, 2.75) is 0 Å². The third kappa shape index (κ3) is 3.69. The third-order valence-electron chi connectivity index (χ3n) is 3.61. The van der Waals surface area contributed by atoms with Gasteiger partial charge in [-0.3, -0.25) is 14.9 Å². The van der Waals surface area contributed by atoms with Crippen LogP contribution >= 0.6 is 22.9 Å². The van der Waals surface area contributed by atoms with E-state index in [0.29, 0.717) is 5.02 Å². The molecule has 0 aliphatic carbocycles. The predicted molar refractivity (Wildman–Crippen MR) is 101 cm³/mol. The number of benzene rings is 2. The largest absolute Gasteiger partial charge is 0.867 e. The zero-order valence-electron chi connectivity index (χ0n) is 13.8. The van der Waals surface area contributed by atoms with E-state index in [2.05, 4.69) is 10.5 Å². The minimum absolute atomic E-state index is 0.0937. The number of nitro groups is 1. The van der Waals surface area contributed by atoms with E-state index in [-0.39, 0.29) is 16.2 Å². The Labute approximate surface area is 161 Å². The highest BCUT2D eigenvalue weighted by molar-refractivity contribution is 7.21. The maximum absolute atomic E-state index is 12.3. The highest BCUT2D eigenvalue weighted by Gasteiger charge is 2.16.